The van der Waals surface area contributed by atoms with Crippen LogP contribution in [0.4, 0.5) is 16.7 Å². The Labute approximate surface area is 721 Å². The van der Waals surface area contributed by atoms with Gasteiger partial charge in [0.15, 0.2) is 43.9 Å². The van der Waals surface area contributed by atoms with Gasteiger partial charge in [-0.15, -0.1) is 0 Å². The number of nitrogens with zero attached hydrogens (tertiary/aromatic N) is 8. The van der Waals surface area contributed by atoms with Crippen molar-refractivity contribution in [1.29, 1.82) is 0 Å². The molecule has 0 bridgehead atoms. The molecule has 124 heavy (non-hydrogen) atoms. The average molecular weight is 1700 g/mol. The van der Waals surface area contributed by atoms with Gasteiger partial charge in [-0.1, -0.05) is 198 Å². The number of amides is 2. The SMILES string of the molecule is C=CCOC(=O)O[C@H]1C[C@H](n2cnc3c(OCCCCCCCOc4nc(NC(=O)COc5ccccc5)nc5c4ncn5[C@H]4C[C@H](O[Si](C)(C)C(C)(C)C)[C@@H](COC(c5ccccc5)(c5ccc(OC)cc5)c5ccc(OC)cc5)O4)nc(NC(=O)COc4ccccc4)nc32)O[C@@H]1COC(c1ccccc1)(c1ccc(OC)cc1)c1ccc(OC)cc1. The van der Waals surface area contributed by atoms with Gasteiger partial charge in [-0.05, 0) is 137 Å². The predicted molar refractivity (Wildman–Crippen MR) is 468 cm³/mol. The van der Waals surface area contributed by atoms with Crippen LogP contribution >= 0.6 is 0 Å². The number of ether oxygens (including phenoxy) is 14. The number of para-hydroxylation sites is 2. The number of fused-ring (bicyclic) bond motifs is 2. The molecule has 2 fully saturated rings. The number of carbonyl (C=O) groups excluding carboxylic acids is 3. The Bertz CT molecular complexity index is 5410. The van der Waals surface area contributed by atoms with Crippen molar-refractivity contribution in [1.82, 2.24) is 39.0 Å². The van der Waals surface area contributed by atoms with Gasteiger partial charge in [-0.3, -0.25) is 29.4 Å². The third-order valence-corrected chi connectivity index (χ3v) is 26.9. The first-order chi connectivity index (χ1) is 60.3. The molecular weight excluding hydrogens is 1600 g/mol. The largest absolute Gasteiger partial charge is 0.508 e. The molecule has 6 heterocycles. The Morgan fingerprint density at radius 1 is 0.460 bits per heavy atom. The van der Waals surface area contributed by atoms with E-state index in [0.717, 1.165) is 52.6 Å². The number of unbranched alkanes of at least 4 members (excludes halogenated alkanes) is 4. The summed E-state index contributed by atoms with van der Waals surface area (Å²) in [6.07, 6.45) is 3.21. The minimum atomic E-state index is -2.50. The number of methoxy groups -OCH3 is 4. The molecule has 2 amide bonds. The first-order valence-corrected chi connectivity index (χ1v) is 44.3. The Morgan fingerprint density at radius 3 is 1.19 bits per heavy atom. The van der Waals surface area contributed by atoms with Crippen LogP contribution in [0.2, 0.25) is 18.1 Å². The van der Waals surface area contributed by atoms with Gasteiger partial charge >= 0.3 is 6.16 Å². The second-order valence-corrected chi connectivity index (χ2v) is 36.2. The van der Waals surface area contributed by atoms with E-state index in [4.69, 9.17) is 101 Å². The number of anilines is 2. The van der Waals surface area contributed by atoms with E-state index in [1.54, 1.807) is 82.1 Å². The molecule has 0 aliphatic carbocycles. The minimum Gasteiger partial charge on any atom is -0.497 e. The first kappa shape index (κ1) is 87.6. The van der Waals surface area contributed by atoms with Crippen LogP contribution in [0.5, 0.6) is 46.3 Å². The summed E-state index contributed by atoms with van der Waals surface area (Å²) >= 11 is 0. The second kappa shape index (κ2) is 40.5. The summed E-state index contributed by atoms with van der Waals surface area (Å²) in [5, 5.41) is 5.49. The molecule has 29 heteroatoms. The molecule has 8 aromatic carbocycles. The lowest BCUT2D eigenvalue weighted by Gasteiger charge is -2.40. The normalized spacial score (nSPS) is 16.6. The van der Waals surface area contributed by atoms with Crippen molar-refractivity contribution in [3.63, 3.8) is 0 Å². The van der Waals surface area contributed by atoms with Crippen LogP contribution in [0.3, 0.4) is 0 Å². The second-order valence-electron chi connectivity index (χ2n) is 31.4. The van der Waals surface area contributed by atoms with E-state index in [1.165, 1.54) is 6.08 Å². The van der Waals surface area contributed by atoms with Crippen molar-refractivity contribution in [2.45, 2.75) is 132 Å². The summed E-state index contributed by atoms with van der Waals surface area (Å²) < 4.78 is 98.6. The van der Waals surface area contributed by atoms with Gasteiger partial charge in [-0.25, -0.2) is 14.8 Å². The smallest absolute Gasteiger partial charge is 0.497 e. The molecular formula is C95H104N10O18Si. The van der Waals surface area contributed by atoms with Crippen molar-refractivity contribution in [3.8, 4) is 46.3 Å². The maximum Gasteiger partial charge on any atom is 0.508 e. The molecule has 2 N–H and O–H groups in total. The van der Waals surface area contributed by atoms with Crippen molar-refractivity contribution in [3.05, 3.63) is 277 Å². The summed E-state index contributed by atoms with van der Waals surface area (Å²) in [5.41, 5.74) is 3.79. The Morgan fingerprint density at radius 2 is 0.815 bits per heavy atom. The minimum absolute atomic E-state index is 0.0223. The quantitative estimate of drug-likeness (QED) is 0.0118. The number of rotatable bonds is 41. The van der Waals surface area contributed by atoms with Gasteiger partial charge in [-0.2, -0.15) is 19.9 Å². The zero-order chi connectivity index (χ0) is 86.6. The van der Waals surface area contributed by atoms with Crippen molar-refractivity contribution < 1.29 is 85.1 Å². The average Bonchev–Trinajstić information content (AvgIpc) is 0.802. The summed E-state index contributed by atoms with van der Waals surface area (Å²) in [5.74, 6) is 2.83. The lowest BCUT2D eigenvalue weighted by atomic mass is 9.80. The number of carbonyl (C=O) groups is 3. The van der Waals surface area contributed by atoms with Crippen LogP contribution in [0.15, 0.2) is 244 Å². The molecule has 646 valence electrons. The van der Waals surface area contributed by atoms with Gasteiger partial charge in [0.25, 0.3) is 11.8 Å². The number of hydrogen-bond acceptors (Lipinski definition) is 24. The van der Waals surface area contributed by atoms with E-state index in [0.29, 0.717) is 64.9 Å². The summed E-state index contributed by atoms with van der Waals surface area (Å²) in [6, 6.07) is 69.0. The fourth-order valence-corrected chi connectivity index (χ4v) is 16.3. The van der Waals surface area contributed by atoms with Crippen molar-refractivity contribution >= 4 is 60.5 Å². The molecule has 2 aliphatic rings. The molecule has 28 nitrogen and oxygen atoms in total. The number of nitrogens with one attached hydrogen (secondary N) is 2. The summed E-state index contributed by atoms with van der Waals surface area (Å²) in [7, 11) is 4.01. The molecule has 0 saturated carbocycles. The predicted octanol–water partition coefficient (Wildman–Crippen LogP) is 17.1. The zero-order valence-electron chi connectivity index (χ0n) is 71.0. The van der Waals surface area contributed by atoms with E-state index < -0.39 is 74.4 Å². The number of aromatic nitrogens is 8. The maximum atomic E-state index is 13.8. The van der Waals surface area contributed by atoms with E-state index in [2.05, 4.69) is 63.2 Å². The van der Waals surface area contributed by atoms with Gasteiger partial charge in [0, 0.05) is 12.8 Å². The van der Waals surface area contributed by atoms with Crippen LogP contribution in [0, 0.1) is 0 Å². The Hall–Kier alpha value is -12.8. The van der Waals surface area contributed by atoms with Crippen LogP contribution in [0.25, 0.3) is 22.3 Å². The molecule has 0 unspecified atom stereocenters. The van der Waals surface area contributed by atoms with E-state index in [-0.39, 0.29) is 92.5 Å². The van der Waals surface area contributed by atoms with E-state index in [1.807, 2.05) is 174 Å². The first-order valence-electron chi connectivity index (χ1n) is 41.4. The van der Waals surface area contributed by atoms with Crippen molar-refractivity contribution in [2.75, 3.05) is 85.3 Å². The van der Waals surface area contributed by atoms with Crippen molar-refractivity contribution in [2.24, 2.45) is 0 Å². The van der Waals surface area contributed by atoms with Gasteiger partial charge in [0.2, 0.25) is 23.7 Å². The molecule has 14 rings (SSSR count). The third-order valence-electron chi connectivity index (χ3n) is 22.3. The molecule has 2 aliphatic heterocycles. The van der Waals surface area contributed by atoms with Crippen LogP contribution in [0.1, 0.15) is 112 Å². The zero-order valence-corrected chi connectivity index (χ0v) is 72.0. The number of benzene rings is 8. The highest BCUT2D eigenvalue weighted by atomic mass is 28.4. The molecule has 0 spiro atoms. The monoisotopic (exact) mass is 1700 g/mol. The molecule has 0 radical (unpaired) electrons. The van der Waals surface area contributed by atoms with Crippen LogP contribution in [-0.4, -0.2) is 164 Å². The highest BCUT2D eigenvalue weighted by molar-refractivity contribution is 6.74. The van der Waals surface area contributed by atoms with Crippen LogP contribution < -0.4 is 48.5 Å². The maximum absolute atomic E-state index is 13.8. The number of hydrogen-bond donors (Lipinski definition) is 2. The highest BCUT2D eigenvalue weighted by Crippen LogP contribution is 2.48. The lowest BCUT2D eigenvalue weighted by Crippen LogP contribution is -2.47. The molecule has 6 atom stereocenters. The van der Waals surface area contributed by atoms with Gasteiger partial charge in [0.1, 0.15) is 83.1 Å². The number of imidazole rings is 2. The fourth-order valence-electron chi connectivity index (χ4n) is 14.9. The molecule has 2 saturated heterocycles. The molecule has 4 aromatic heterocycles. The fraction of sp³-hybridized carbons (Fsp3) is 0.337. The van der Waals surface area contributed by atoms with E-state index >= 15 is 0 Å². The topological polar surface area (TPSA) is 301 Å². The van der Waals surface area contributed by atoms with Gasteiger partial charge in [0.05, 0.1) is 73.6 Å². The molecule has 12 aromatic rings. The lowest BCUT2D eigenvalue weighted by molar-refractivity contribution is -0.118. The highest BCUT2D eigenvalue weighted by Gasteiger charge is 2.49. The summed E-state index contributed by atoms with van der Waals surface area (Å²) in [4.78, 5) is 69.9. The third kappa shape index (κ3) is 20.6. The Balaban J connectivity index is 0.683. The summed E-state index contributed by atoms with van der Waals surface area (Å²) in [6.45, 7) is 14.5. The standard InChI is InChI=1S/C95H104N10O18Si/c1-11-53-115-92(108)122-76-56-82(120-78(76)58-118-94(64-29-19-15-20-30-64,66-37-45-70(109-5)46-38-66)67-39-47-71(110-6)48-40-67)104-62-96-84-86(104)100-90(98-80(106)60-116-74-33-23-17-24-34-74)102-88(84)113-54-27-13-12-14-28-55-114-89-85-87(101-91(103-89)99-81(107)61-117-75-35-25-18-26-36-75)105(63-97-85)83-57-77(123-124(9,10)93(2,3)4)79(121-83)59-119-95(65-31-21-16-22-32-65,68-41-49-72(111-7)50-42-68)69-43-51-73(112-8)52-44-69/h11,15-26,29-52,62-63,76-79,82-83H,1,12-14,27-28,53-61H2,2-10H3,(H,98,100,102,106)(H,99,101,103,107)/t76-,77-,78+,79+,82+,83+/m0/s1. The Kier molecular flexibility index (Phi) is 28.6. The van der Waals surface area contributed by atoms with E-state index in [9.17, 15) is 14.4 Å². The van der Waals surface area contributed by atoms with Crippen LogP contribution in [-0.2, 0) is 53.6 Å². The van der Waals surface area contributed by atoms with Gasteiger partial charge < -0.3 is 70.7 Å².